The molecule has 0 aromatic heterocycles. The van der Waals surface area contributed by atoms with Gasteiger partial charge in [-0.3, -0.25) is 14.7 Å². The van der Waals surface area contributed by atoms with E-state index in [9.17, 15) is 9.59 Å². The molecule has 1 heterocycles. The molecular formula is C16H18N2O3S. The molecule has 0 radical (unpaired) electrons. The van der Waals surface area contributed by atoms with Gasteiger partial charge in [-0.25, -0.2) is 4.79 Å². The Bertz CT molecular complexity index is 680. The van der Waals surface area contributed by atoms with Gasteiger partial charge in [0.05, 0.1) is 17.7 Å². The maximum absolute atomic E-state index is 12.6. The monoisotopic (exact) mass is 318 g/mol. The molecule has 1 amide bonds. The Hall–Kier alpha value is -2.08. The number of hydrogen-bond acceptors (Lipinski definition) is 5. The van der Waals surface area contributed by atoms with Crippen molar-refractivity contribution in [1.82, 2.24) is 0 Å². The summed E-state index contributed by atoms with van der Waals surface area (Å²) in [5.41, 5.74) is 3.00. The second kappa shape index (κ2) is 6.79. The van der Waals surface area contributed by atoms with Crippen molar-refractivity contribution in [2.24, 2.45) is 4.99 Å². The number of methoxy groups -OCH3 is 1. The molecule has 1 fully saturated rings. The standard InChI is InChI=1S/C16H18N2O3S/c1-5-17-16-18(12-7-6-10(2)11(3)8-12)15(20)13(22-16)9-14(19)21-4/h6-9H,5H2,1-4H3. The summed E-state index contributed by atoms with van der Waals surface area (Å²) in [5.74, 6) is -0.806. The SMILES string of the molecule is CCN=C1SC(=CC(=O)OC)C(=O)N1c1ccc(C)c(C)c1. The topological polar surface area (TPSA) is 59.0 Å². The summed E-state index contributed by atoms with van der Waals surface area (Å²) in [7, 11) is 1.28. The summed E-state index contributed by atoms with van der Waals surface area (Å²) in [5, 5.41) is 0.575. The van der Waals surface area contributed by atoms with E-state index >= 15 is 0 Å². The first-order chi connectivity index (χ1) is 10.5. The highest BCUT2D eigenvalue weighted by molar-refractivity contribution is 8.19. The van der Waals surface area contributed by atoms with Crippen LogP contribution in [0.15, 0.2) is 34.2 Å². The van der Waals surface area contributed by atoms with Crippen molar-refractivity contribution < 1.29 is 14.3 Å². The van der Waals surface area contributed by atoms with Crippen molar-refractivity contribution in [2.75, 3.05) is 18.6 Å². The number of amidine groups is 1. The molecule has 2 rings (SSSR count). The molecule has 0 saturated carbocycles. The third kappa shape index (κ3) is 3.22. The van der Waals surface area contributed by atoms with E-state index in [1.54, 1.807) is 0 Å². The lowest BCUT2D eigenvalue weighted by Gasteiger charge is -2.16. The highest BCUT2D eigenvalue weighted by Crippen LogP contribution is 2.35. The number of aliphatic imine (C=N–C) groups is 1. The molecule has 0 unspecified atom stereocenters. The second-order valence-electron chi connectivity index (χ2n) is 4.80. The molecule has 1 aromatic rings. The molecular weight excluding hydrogens is 300 g/mol. The molecule has 0 spiro atoms. The fourth-order valence-corrected chi connectivity index (χ4v) is 2.98. The van der Waals surface area contributed by atoms with Gasteiger partial charge in [0.25, 0.3) is 5.91 Å². The summed E-state index contributed by atoms with van der Waals surface area (Å²) in [6.07, 6.45) is 1.21. The molecule has 5 nitrogen and oxygen atoms in total. The van der Waals surface area contributed by atoms with E-state index in [0.29, 0.717) is 16.6 Å². The van der Waals surface area contributed by atoms with Gasteiger partial charge in [-0.2, -0.15) is 0 Å². The number of anilines is 1. The van der Waals surface area contributed by atoms with Crippen molar-refractivity contribution in [1.29, 1.82) is 0 Å². The number of rotatable bonds is 3. The molecule has 0 atom stereocenters. The molecule has 1 aromatic carbocycles. The fraction of sp³-hybridized carbons (Fsp3) is 0.312. The van der Waals surface area contributed by atoms with Gasteiger partial charge in [0.15, 0.2) is 5.17 Å². The zero-order chi connectivity index (χ0) is 16.3. The molecule has 1 saturated heterocycles. The predicted octanol–water partition coefficient (Wildman–Crippen LogP) is 2.82. The van der Waals surface area contributed by atoms with Crippen LogP contribution in [-0.2, 0) is 14.3 Å². The third-order valence-electron chi connectivity index (χ3n) is 3.30. The highest BCUT2D eigenvalue weighted by Gasteiger charge is 2.35. The summed E-state index contributed by atoms with van der Waals surface area (Å²) >= 11 is 1.19. The zero-order valence-corrected chi connectivity index (χ0v) is 13.9. The van der Waals surface area contributed by atoms with E-state index in [1.165, 1.54) is 29.8 Å². The number of nitrogens with zero attached hydrogens (tertiary/aromatic N) is 2. The van der Waals surface area contributed by atoms with Crippen molar-refractivity contribution >= 4 is 34.5 Å². The van der Waals surface area contributed by atoms with Crippen LogP contribution in [0.3, 0.4) is 0 Å². The Morgan fingerprint density at radius 3 is 2.68 bits per heavy atom. The van der Waals surface area contributed by atoms with Gasteiger partial charge < -0.3 is 4.74 Å². The van der Waals surface area contributed by atoms with E-state index in [1.807, 2.05) is 39.0 Å². The molecule has 0 N–H and O–H groups in total. The first kappa shape index (κ1) is 16.3. The van der Waals surface area contributed by atoms with Gasteiger partial charge in [0.1, 0.15) is 0 Å². The number of carbonyl (C=O) groups excluding carboxylic acids is 2. The lowest BCUT2D eigenvalue weighted by Crippen LogP contribution is -2.29. The van der Waals surface area contributed by atoms with Crippen LogP contribution in [0.2, 0.25) is 0 Å². The Balaban J connectivity index is 2.45. The van der Waals surface area contributed by atoms with Crippen molar-refractivity contribution in [2.45, 2.75) is 20.8 Å². The minimum atomic E-state index is -0.548. The molecule has 1 aliphatic rings. The number of esters is 1. The van der Waals surface area contributed by atoms with E-state index < -0.39 is 5.97 Å². The van der Waals surface area contributed by atoms with Crippen molar-refractivity contribution in [3.05, 3.63) is 40.3 Å². The van der Waals surface area contributed by atoms with E-state index in [-0.39, 0.29) is 5.91 Å². The fourth-order valence-electron chi connectivity index (χ4n) is 1.97. The predicted molar refractivity (Wildman–Crippen MR) is 89.1 cm³/mol. The van der Waals surface area contributed by atoms with Gasteiger partial charge in [-0.15, -0.1) is 0 Å². The van der Waals surface area contributed by atoms with Crippen LogP contribution in [0, 0.1) is 13.8 Å². The Labute approximate surface area is 134 Å². The van der Waals surface area contributed by atoms with E-state index in [2.05, 4.69) is 9.73 Å². The van der Waals surface area contributed by atoms with Crippen LogP contribution in [0.1, 0.15) is 18.1 Å². The third-order valence-corrected chi connectivity index (χ3v) is 4.31. The normalized spacial score (nSPS) is 18.4. The maximum Gasteiger partial charge on any atom is 0.331 e. The van der Waals surface area contributed by atoms with Crippen molar-refractivity contribution in [3.8, 4) is 0 Å². The largest absolute Gasteiger partial charge is 0.466 e. The Morgan fingerprint density at radius 2 is 2.09 bits per heavy atom. The number of ether oxygens (including phenoxy) is 1. The molecule has 116 valence electrons. The number of benzene rings is 1. The molecule has 0 aliphatic carbocycles. The van der Waals surface area contributed by atoms with Gasteiger partial charge in [0.2, 0.25) is 0 Å². The molecule has 1 aliphatic heterocycles. The Kier molecular flexibility index (Phi) is 5.03. The first-order valence-electron chi connectivity index (χ1n) is 6.91. The first-order valence-corrected chi connectivity index (χ1v) is 7.73. The average Bonchev–Trinajstić information content (AvgIpc) is 2.78. The molecule has 6 heteroatoms. The second-order valence-corrected chi connectivity index (χ2v) is 5.81. The molecule has 0 bridgehead atoms. The number of hydrogen-bond donors (Lipinski definition) is 0. The van der Waals surface area contributed by atoms with E-state index in [0.717, 1.165) is 16.8 Å². The van der Waals surface area contributed by atoms with Crippen LogP contribution >= 0.6 is 11.8 Å². The number of aryl methyl sites for hydroxylation is 2. The van der Waals surface area contributed by atoms with Crippen LogP contribution in [0.4, 0.5) is 5.69 Å². The van der Waals surface area contributed by atoms with Crippen LogP contribution < -0.4 is 4.90 Å². The minimum absolute atomic E-state index is 0.258. The summed E-state index contributed by atoms with van der Waals surface area (Å²) in [6, 6.07) is 5.79. The Morgan fingerprint density at radius 1 is 1.36 bits per heavy atom. The summed E-state index contributed by atoms with van der Waals surface area (Å²) in [6.45, 7) is 6.47. The summed E-state index contributed by atoms with van der Waals surface area (Å²) < 4.78 is 4.59. The smallest absolute Gasteiger partial charge is 0.331 e. The maximum atomic E-state index is 12.6. The van der Waals surface area contributed by atoms with Gasteiger partial charge in [-0.1, -0.05) is 6.07 Å². The van der Waals surface area contributed by atoms with Crippen molar-refractivity contribution in [3.63, 3.8) is 0 Å². The number of amides is 1. The quantitative estimate of drug-likeness (QED) is 0.635. The van der Waals surface area contributed by atoms with Crippen LogP contribution in [0.5, 0.6) is 0 Å². The van der Waals surface area contributed by atoms with Gasteiger partial charge in [-0.05, 0) is 55.8 Å². The van der Waals surface area contributed by atoms with Crippen LogP contribution in [0.25, 0.3) is 0 Å². The van der Waals surface area contributed by atoms with Crippen LogP contribution in [-0.4, -0.2) is 30.7 Å². The van der Waals surface area contributed by atoms with E-state index in [4.69, 9.17) is 0 Å². The highest BCUT2D eigenvalue weighted by atomic mass is 32.2. The lowest BCUT2D eigenvalue weighted by atomic mass is 10.1. The number of carbonyl (C=O) groups is 2. The van der Waals surface area contributed by atoms with Gasteiger partial charge in [0, 0.05) is 12.6 Å². The average molecular weight is 318 g/mol. The number of thioether (sulfide) groups is 1. The minimum Gasteiger partial charge on any atom is -0.466 e. The molecule has 22 heavy (non-hydrogen) atoms. The van der Waals surface area contributed by atoms with Gasteiger partial charge >= 0.3 is 5.97 Å². The zero-order valence-electron chi connectivity index (χ0n) is 13.0. The lowest BCUT2D eigenvalue weighted by molar-refractivity contribution is -0.135. The summed E-state index contributed by atoms with van der Waals surface area (Å²) in [4.78, 5) is 30.2.